The largest absolute Gasteiger partial charge is 0.306 e. The molecule has 1 aromatic heterocycles. The molecule has 2 aromatic rings. The Hall–Kier alpha value is -0.610. The molecule has 1 atom stereocenters. The van der Waals surface area contributed by atoms with Gasteiger partial charge in [-0.3, -0.25) is 0 Å². The van der Waals surface area contributed by atoms with Gasteiger partial charge in [-0.25, -0.2) is 4.39 Å². The van der Waals surface area contributed by atoms with Crippen molar-refractivity contribution in [2.75, 3.05) is 6.54 Å². The van der Waals surface area contributed by atoms with Gasteiger partial charge in [0.05, 0.1) is 10.4 Å². The topological polar surface area (TPSA) is 12.0 Å². The molecule has 1 N–H and O–H groups in total. The Balaban J connectivity index is 2.41. The maximum absolute atomic E-state index is 13.1. The van der Waals surface area contributed by atoms with Crippen LogP contribution in [0.15, 0.2) is 30.3 Å². The van der Waals surface area contributed by atoms with E-state index in [1.165, 1.54) is 23.5 Å². The second-order valence-corrected chi connectivity index (χ2v) is 5.95. The molecule has 1 unspecified atom stereocenters. The summed E-state index contributed by atoms with van der Waals surface area (Å²) in [7, 11) is 0. The van der Waals surface area contributed by atoms with Crippen LogP contribution in [0.3, 0.4) is 0 Å². The molecule has 0 saturated heterocycles. The van der Waals surface area contributed by atoms with Gasteiger partial charge in [-0.05, 0) is 36.4 Å². The molecule has 0 amide bonds. The molecular weight excluding hydrogens is 292 g/mol. The summed E-state index contributed by atoms with van der Waals surface area (Å²) >= 11 is 13.6. The number of rotatable bonds is 4. The lowest BCUT2D eigenvalue weighted by molar-refractivity contribution is 0.617. The van der Waals surface area contributed by atoms with E-state index in [-0.39, 0.29) is 11.9 Å². The van der Waals surface area contributed by atoms with Gasteiger partial charge in [0.15, 0.2) is 0 Å². The minimum atomic E-state index is -0.330. The van der Waals surface area contributed by atoms with Crippen molar-refractivity contribution >= 4 is 34.5 Å². The van der Waals surface area contributed by atoms with E-state index in [0.717, 1.165) is 21.3 Å². The van der Waals surface area contributed by atoms with Crippen LogP contribution >= 0.6 is 34.5 Å². The fourth-order valence-electron chi connectivity index (χ4n) is 1.79. The lowest BCUT2D eigenvalue weighted by Crippen LogP contribution is -2.21. The second kappa shape index (κ2) is 6.02. The average molecular weight is 304 g/mol. The highest BCUT2D eigenvalue weighted by molar-refractivity contribution is 7.16. The predicted molar refractivity (Wildman–Crippen MR) is 76.3 cm³/mol. The van der Waals surface area contributed by atoms with Crippen molar-refractivity contribution < 1.29 is 4.39 Å². The third-order valence-corrected chi connectivity index (χ3v) is 4.18. The second-order valence-electron chi connectivity index (χ2n) is 3.80. The van der Waals surface area contributed by atoms with E-state index in [0.29, 0.717) is 5.02 Å². The lowest BCUT2D eigenvalue weighted by atomic mass is 10.1. The quantitative estimate of drug-likeness (QED) is 0.847. The molecule has 0 saturated carbocycles. The highest BCUT2D eigenvalue weighted by Crippen LogP contribution is 2.34. The van der Waals surface area contributed by atoms with Gasteiger partial charge in [-0.2, -0.15) is 0 Å². The van der Waals surface area contributed by atoms with Crippen LogP contribution in [-0.4, -0.2) is 6.54 Å². The molecule has 96 valence electrons. The monoisotopic (exact) mass is 303 g/mol. The summed E-state index contributed by atoms with van der Waals surface area (Å²) in [6.45, 7) is 2.80. The molecular formula is C13H12Cl2FNS. The molecule has 1 nitrogen and oxygen atoms in total. The van der Waals surface area contributed by atoms with E-state index in [1.807, 2.05) is 19.1 Å². The van der Waals surface area contributed by atoms with E-state index < -0.39 is 0 Å². The van der Waals surface area contributed by atoms with Gasteiger partial charge in [0.1, 0.15) is 5.82 Å². The lowest BCUT2D eigenvalue weighted by Gasteiger charge is -2.18. The molecule has 1 heterocycles. The predicted octanol–water partition coefficient (Wildman–Crippen LogP) is 4.89. The molecule has 18 heavy (non-hydrogen) atoms. The molecule has 0 spiro atoms. The first-order valence-electron chi connectivity index (χ1n) is 5.55. The maximum atomic E-state index is 13.1. The van der Waals surface area contributed by atoms with Crippen molar-refractivity contribution in [2.45, 2.75) is 13.0 Å². The Morgan fingerprint density at radius 3 is 2.61 bits per heavy atom. The maximum Gasteiger partial charge on any atom is 0.124 e. The summed E-state index contributed by atoms with van der Waals surface area (Å²) in [5, 5.41) is 3.76. The molecule has 5 heteroatoms. The van der Waals surface area contributed by atoms with Gasteiger partial charge in [0.2, 0.25) is 0 Å². The van der Waals surface area contributed by atoms with Crippen LogP contribution in [0.2, 0.25) is 9.36 Å². The summed E-state index contributed by atoms with van der Waals surface area (Å²) in [6, 6.07) is 8.21. The summed E-state index contributed by atoms with van der Waals surface area (Å²) in [5.41, 5.74) is 0.860. The Bertz CT molecular complexity index is 542. The van der Waals surface area contributed by atoms with E-state index in [1.54, 1.807) is 6.07 Å². The van der Waals surface area contributed by atoms with E-state index in [9.17, 15) is 4.39 Å². The van der Waals surface area contributed by atoms with Gasteiger partial charge in [-0.1, -0.05) is 36.2 Å². The zero-order valence-corrected chi connectivity index (χ0v) is 12.0. The van der Waals surface area contributed by atoms with E-state index >= 15 is 0 Å². The molecule has 0 aliphatic heterocycles. The Kier molecular flexibility index (Phi) is 4.62. The molecule has 0 fully saturated rings. The normalized spacial score (nSPS) is 12.7. The summed E-state index contributed by atoms with van der Waals surface area (Å²) < 4.78 is 13.8. The van der Waals surface area contributed by atoms with Gasteiger partial charge in [-0.15, -0.1) is 11.3 Å². The van der Waals surface area contributed by atoms with E-state index in [2.05, 4.69) is 5.32 Å². The number of halogens is 3. The number of hydrogen-bond donors (Lipinski definition) is 1. The summed E-state index contributed by atoms with van der Waals surface area (Å²) in [6.07, 6.45) is 0. The van der Waals surface area contributed by atoms with Gasteiger partial charge >= 0.3 is 0 Å². The molecule has 2 rings (SSSR count). The number of thiophene rings is 1. The first-order valence-corrected chi connectivity index (χ1v) is 7.12. The highest BCUT2D eigenvalue weighted by Gasteiger charge is 2.18. The van der Waals surface area contributed by atoms with Crippen molar-refractivity contribution in [1.29, 1.82) is 0 Å². The minimum absolute atomic E-state index is 0.0550. The standard InChI is InChI=1S/C13H12Cl2FNS/c1-2-17-13(11-5-6-12(15)18-11)9-4-3-8(16)7-10(9)14/h3-7,13,17H,2H2,1H3. The average Bonchev–Trinajstić information content (AvgIpc) is 2.73. The fourth-order valence-corrected chi connectivity index (χ4v) is 3.22. The SMILES string of the molecule is CCNC(c1ccc(Cl)s1)c1ccc(F)cc1Cl. The van der Waals surface area contributed by atoms with Crippen molar-refractivity contribution in [1.82, 2.24) is 5.32 Å². The third kappa shape index (κ3) is 3.04. The molecule has 1 aromatic carbocycles. The fraction of sp³-hybridized carbons (Fsp3) is 0.231. The van der Waals surface area contributed by atoms with Crippen molar-refractivity contribution in [2.24, 2.45) is 0 Å². The van der Waals surface area contributed by atoms with Crippen LogP contribution in [0.4, 0.5) is 4.39 Å². The zero-order chi connectivity index (χ0) is 13.1. The molecule has 0 aliphatic carbocycles. The number of benzene rings is 1. The number of hydrogen-bond acceptors (Lipinski definition) is 2. The number of nitrogens with one attached hydrogen (secondary N) is 1. The van der Waals surface area contributed by atoms with E-state index in [4.69, 9.17) is 23.2 Å². The zero-order valence-electron chi connectivity index (χ0n) is 9.71. The van der Waals surface area contributed by atoms with Crippen molar-refractivity contribution in [3.05, 3.63) is 55.9 Å². The first-order chi connectivity index (χ1) is 8.61. The summed E-state index contributed by atoms with van der Waals surface area (Å²) in [4.78, 5) is 1.07. The van der Waals surface area contributed by atoms with Crippen LogP contribution in [-0.2, 0) is 0 Å². The van der Waals surface area contributed by atoms with Gasteiger partial charge in [0.25, 0.3) is 0 Å². The van der Waals surface area contributed by atoms with Gasteiger partial charge in [0, 0.05) is 9.90 Å². The molecule has 0 bridgehead atoms. The van der Waals surface area contributed by atoms with Crippen molar-refractivity contribution in [3.8, 4) is 0 Å². The van der Waals surface area contributed by atoms with Crippen LogP contribution < -0.4 is 5.32 Å². The molecule has 0 aliphatic rings. The van der Waals surface area contributed by atoms with Gasteiger partial charge < -0.3 is 5.32 Å². The highest BCUT2D eigenvalue weighted by atomic mass is 35.5. The smallest absolute Gasteiger partial charge is 0.124 e. The van der Waals surface area contributed by atoms with Crippen LogP contribution in [0.5, 0.6) is 0 Å². The summed E-state index contributed by atoms with van der Waals surface area (Å²) in [5.74, 6) is -0.330. The van der Waals surface area contributed by atoms with Crippen LogP contribution in [0.1, 0.15) is 23.4 Å². The Labute approximate surface area is 120 Å². The van der Waals surface area contributed by atoms with Crippen molar-refractivity contribution in [3.63, 3.8) is 0 Å². The van der Waals surface area contributed by atoms with Crippen LogP contribution in [0.25, 0.3) is 0 Å². The van der Waals surface area contributed by atoms with Crippen LogP contribution in [0, 0.1) is 5.82 Å². The Morgan fingerprint density at radius 2 is 2.06 bits per heavy atom. The Morgan fingerprint density at radius 1 is 1.28 bits per heavy atom. The first kappa shape index (κ1) is 13.8. The molecule has 0 radical (unpaired) electrons. The minimum Gasteiger partial charge on any atom is -0.306 e. The third-order valence-electron chi connectivity index (χ3n) is 2.56.